The lowest BCUT2D eigenvalue weighted by Gasteiger charge is -2.37. The fourth-order valence-corrected chi connectivity index (χ4v) is 3.98. The molecule has 1 fully saturated rings. The summed E-state index contributed by atoms with van der Waals surface area (Å²) in [6, 6.07) is 17.3. The summed E-state index contributed by atoms with van der Waals surface area (Å²) in [5.74, 6) is -0.913. The zero-order chi connectivity index (χ0) is 17.7. The van der Waals surface area contributed by atoms with Gasteiger partial charge in [-0.25, -0.2) is 4.79 Å². The van der Waals surface area contributed by atoms with Gasteiger partial charge in [0.2, 0.25) is 0 Å². The van der Waals surface area contributed by atoms with E-state index in [0.29, 0.717) is 12.1 Å². The molecule has 1 atom stereocenters. The predicted octanol–water partition coefficient (Wildman–Crippen LogP) is 3.77. The lowest BCUT2D eigenvalue weighted by atomic mass is 9.76. The molecule has 1 unspecified atom stereocenters. The molecule has 0 spiro atoms. The molecule has 1 aliphatic carbocycles. The predicted molar refractivity (Wildman–Crippen MR) is 97.4 cm³/mol. The van der Waals surface area contributed by atoms with Crippen LogP contribution in [0.15, 0.2) is 54.6 Å². The van der Waals surface area contributed by atoms with Crippen LogP contribution in [0, 0.1) is 5.41 Å². The molecule has 0 aliphatic heterocycles. The SMILES string of the molecule is O=C(O)c1cccc(CNC(c2ccccc2)C2(CO)CCCC2)c1. The van der Waals surface area contributed by atoms with Crippen LogP contribution < -0.4 is 5.32 Å². The monoisotopic (exact) mass is 339 g/mol. The van der Waals surface area contributed by atoms with E-state index < -0.39 is 5.97 Å². The molecule has 3 rings (SSSR count). The van der Waals surface area contributed by atoms with Gasteiger partial charge in [-0.1, -0.05) is 55.3 Å². The van der Waals surface area contributed by atoms with Gasteiger partial charge in [0, 0.05) is 18.0 Å². The summed E-state index contributed by atoms with van der Waals surface area (Å²) < 4.78 is 0. The summed E-state index contributed by atoms with van der Waals surface area (Å²) in [6.07, 6.45) is 4.29. The Hall–Kier alpha value is -2.17. The minimum atomic E-state index is -0.913. The molecule has 0 bridgehead atoms. The number of hydrogen-bond acceptors (Lipinski definition) is 3. The van der Waals surface area contributed by atoms with Crippen LogP contribution in [0.2, 0.25) is 0 Å². The van der Waals surface area contributed by atoms with Gasteiger partial charge in [0.1, 0.15) is 0 Å². The van der Waals surface area contributed by atoms with Gasteiger partial charge in [0.25, 0.3) is 0 Å². The summed E-state index contributed by atoms with van der Waals surface area (Å²) >= 11 is 0. The standard InChI is InChI=1S/C21H25NO3/c23-15-21(11-4-5-12-21)19(17-8-2-1-3-9-17)22-14-16-7-6-10-18(13-16)20(24)25/h1-3,6-10,13,19,22-23H,4-5,11-12,14-15H2,(H,24,25). The Morgan fingerprint density at radius 1 is 1.08 bits per heavy atom. The Kier molecular flexibility index (Phi) is 5.51. The molecule has 132 valence electrons. The summed E-state index contributed by atoms with van der Waals surface area (Å²) in [4.78, 5) is 11.2. The van der Waals surface area contributed by atoms with Crippen molar-refractivity contribution in [3.05, 3.63) is 71.3 Å². The maximum absolute atomic E-state index is 11.2. The number of aliphatic hydroxyl groups is 1. The zero-order valence-corrected chi connectivity index (χ0v) is 14.3. The van der Waals surface area contributed by atoms with Crippen molar-refractivity contribution in [1.29, 1.82) is 0 Å². The van der Waals surface area contributed by atoms with Crippen LogP contribution in [0.5, 0.6) is 0 Å². The Morgan fingerprint density at radius 3 is 2.44 bits per heavy atom. The number of carbonyl (C=O) groups is 1. The second kappa shape index (κ2) is 7.81. The van der Waals surface area contributed by atoms with E-state index >= 15 is 0 Å². The Bertz CT molecular complexity index is 708. The second-order valence-corrected chi connectivity index (χ2v) is 6.96. The fraction of sp³-hybridized carbons (Fsp3) is 0.381. The molecular formula is C21H25NO3. The molecule has 2 aromatic rings. The Morgan fingerprint density at radius 2 is 1.80 bits per heavy atom. The van der Waals surface area contributed by atoms with Crippen LogP contribution in [-0.4, -0.2) is 22.8 Å². The van der Waals surface area contributed by atoms with Crippen molar-refractivity contribution in [1.82, 2.24) is 5.32 Å². The number of aromatic carboxylic acids is 1. The van der Waals surface area contributed by atoms with Gasteiger partial charge >= 0.3 is 5.97 Å². The van der Waals surface area contributed by atoms with Crippen molar-refractivity contribution in [2.24, 2.45) is 5.41 Å². The third-order valence-electron chi connectivity index (χ3n) is 5.34. The number of aliphatic hydroxyl groups excluding tert-OH is 1. The van der Waals surface area contributed by atoms with E-state index in [-0.39, 0.29) is 18.1 Å². The summed E-state index contributed by atoms with van der Waals surface area (Å²) in [6.45, 7) is 0.733. The number of benzene rings is 2. The van der Waals surface area contributed by atoms with E-state index in [1.165, 1.54) is 5.56 Å². The highest BCUT2D eigenvalue weighted by atomic mass is 16.4. The van der Waals surface area contributed by atoms with E-state index in [0.717, 1.165) is 31.2 Å². The van der Waals surface area contributed by atoms with Crippen molar-refractivity contribution in [3.63, 3.8) is 0 Å². The molecule has 2 aromatic carbocycles. The minimum Gasteiger partial charge on any atom is -0.478 e. The number of hydrogen-bond donors (Lipinski definition) is 3. The Balaban J connectivity index is 1.83. The van der Waals surface area contributed by atoms with Crippen molar-refractivity contribution < 1.29 is 15.0 Å². The molecule has 1 aliphatic rings. The van der Waals surface area contributed by atoms with E-state index in [9.17, 15) is 9.90 Å². The molecule has 0 radical (unpaired) electrons. The molecule has 3 N–H and O–H groups in total. The van der Waals surface area contributed by atoms with Gasteiger partial charge in [0.05, 0.1) is 12.2 Å². The molecule has 0 saturated heterocycles. The quantitative estimate of drug-likeness (QED) is 0.718. The van der Waals surface area contributed by atoms with Crippen LogP contribution >= 0.6 is 0 Å². The van der Waals surface area contributed by atoms with Gasteiger partial charge < -0.3 is 15.5 Å². The Labute approximate surface area is 148 Å². The van der Waals surface area contributed by atoms with Crippen molar-refractivity contribution in [2.75, 3.05) is 6.61 Å². The highest BCUT2D eigenvalue weighted by Crippen LogP contribution is 2.47. The molecule has 4 nitrogen and oxygen atoms in total. The van der Waals surface area contributed by atoms with Crippen molar-refractivity contribution >= 4 is 5.97 Å². The first kappa shape index (κ1) is 17.6. The van der Waals surface area contributed by atoms with E-state index in [4.69, 9.17) is 5.11 Å². The van der Waals surface area contributed by atoms with Crippen LogP contribution in [0.25, 0.3) is 0 Å². The highest BCUT2D eigenvalue weighted by molar-refractivity contribution is 5.87. The van der Waals surface area contributed by atoms with Gasteiger partial charge in [0.15, 0.2) is 0 Å². The minimum absolute atomic E-state index is 0.0506. The lowest BCUT2D eigenvalue weighted by Crippen LogP contribution is -2.39. The van der Waals surface area contributed by atoms with Gasteiger partial charge in [-0.2, -0.15) is 0 Å². The van der Waals surface area contributed by atoms with Crippen LogP contribution in [-0.2, 0) is 6.54 Å². The zero-order valence-electron chi connectivity index (χ0n) is 14.3. The van der Waals surface area contributed by atoms with Crippen LogP contribution in [0.3, 0.4) is 0 Å². The molecule has 25 heavy (non-hydrogen) atoms. The number of carboxylic acid groups (broad SMARTS) is 1. The molecule has 0 aromatic heterocycles. The van der Waals surface area contributed by atoms with Gasteiger partial charge in [-0.15, -0.1) is 0 Å². The number of carboxylic acids is 1. The lowest BCUT2D eigenvalue weighted by molar-refractivity contribution is 0.0696. The van der Waals surface area contributed by atoms with E-state index in [1.807, 2.05) is 24.3 Å². The van der Waals surface area contributed by atoms with Crippen molar-refractivity contribution in [3.8, 4) is 0 Å². The molecule has 1 saturated carbocycles. The first-order valence-corrected chi connectivity index (χ1v) is 8.86. The van der Waals surface area contributed by atoms with Crippen LogP contribution in [0.4, 0.5) is 0 Å². The fourth-order valence-electron chi connectivity index (χ4n) is 3.98. The average molecular weight is 339 g/mol. The average Bonchev–Trinajstić information content (AvgIpc) is 3.13. The smallest absolute Gasteiger partial charge is 0.335 e. The first-order valence-electron chi connectivity index (χ1n) is 8.86. The van der Waals surface area contributed by atoms with E-state index in [2.05, 4.69) is 17.4 Å². The maximum Gasteiger partial charge on any atom is 0.335 e. The maximum atomic E-state index is 11.2. The van der Waals surface area contributed by atoms with Crippen LogP contribution in [0.1, 0.15) is 53.2 Å². The summed E-state index contributed by atoms with van der Waals surface area (Å²) in [5, 5.41) is 22.9. The van der Waals surface area contributed by atoms with E-state index in [1.54, 1.807) is 18.2 Å². The normalized spacial score (nSPS) is 17.3. The highest BCUT2D eigenvalue weighted by Gasteiger charge is 2.41. The molecule has 0 amide bonds. The molecular weight excluding hydrogens is 314 g/mol. The largest absolute Gasteiger partial charge is 0.478 e. The number of nitrogens with one attached hydrogen (secondary N) is 1. The molecule has 4 heteroatoms. The molecule has 0 heterocycles. The second-order valence-electron chi connectivity index (χ2n) is 6.96. The van der Waals surface area contributed by atoms with Gasteiger partial charge in [-0.3, -0.25) is 0 Å². The van der Waals surface area contributed by atoms with Crippen molar-refractivity contribution in [2.45, 2.75) is 38.3 Å². The topological polar surface area (TPSA) is 69.6 Å². The summed E-state index contributed by atoms with van der Waals surface area (Å²) in [5.41, 5.74) is 2.26. The third-order valence-corrected chi connectivity index (χ3v) is 5.34. The third kappa shape index (κ3) is 3.91. The number of rotatable bonds is 7. The summed E-state index contributed by atoms with van der Waals surface area (Å²) in [7, 11) is 0. The first-order chi connectivity index (χ1) is 12.1. The van der Waals surface area contributed by atoms with Gasteiger partial charge in [-0.05, 0) is 36.1 Å².